The summed E-state index contributed by atoms with van der Waals surface area (Å²) in [6.07, 6.45) is 1.27. The average molecular weight is 428 g/mol. The zero-order chi connectivity index (χ0) is 22.1. The summed E-state index contributed by atoms with van der Waals surface area (Å²) in [5.74, 6) is 0.844. The fourth-order valence-electron chi connectivity index (χ4n) is 3.40. The van der Waals surface area contributed by atoms with E-state index in [-0.39, 0.29) is 11.9 Å². The summed E-state index contributed by atoms with van der Waals surface area (Å²) >= 11 is 0. The van der Waals surface area contributed by atoms with E-state index < -0.39 is 12.7 Å². The molecule has 1 aliphatic rings. The lowest BCUT2D eigenvalue weighted by Gasteiger charge is -2.32. The van der Waals surface area contributed by atoms with E-state index in [4.69, 9.17) is 14.6 Å². The third-order valence-electron chi connectivity index (χ3n) is 5.22. The number of anilines is 1. The molecule has 2 aromatic rings. The molecule has 2 aromatic carbocycles. The molecule has 2 amide bonds. The number of aliphatic hydroxyl groups is 1. The lowest BCUT2D eigenvalue weighted by Crippen LogP contribution is -2.46. The molecule has 0 saturated carbocycles. The number of aliphatic hydroxyl groups excluding tert-OH is 1. The number of amides is 2. The molecule has 0 radical (unpaired) electrons. The van der Waals surface area contributed by atoms with Crippen LogP contribution < -0.4 is 19.7 Å². The first kappa shape index (κ1) is 22.6. The van der Waals surface area contributed by atoms with E-state index in [1.165, 1.54) is 4.90 Å². The number of hydrogen-bond donors (Lipinski definition) is 2. The normalized spacial score (nSPS) is 14.6. The number of benzene rings is 2. The maximum atomic E-state index is 12.3. The molecule has 1 saturated heterocycles. The summed E-state index contributed by atoms with van der Waals surface area (Å²) in [6.45, 7) is 2.63. The fraction of sp³-hybridized carbons (Fsp3) is 0.391. The van der Waals surface area contributed by atoms with E-state index in [0.29, 0.717) is 18.1 Å². The number of ether oxygens (including phenoxy) is 2. The number of nitrogens with one attached hydrogen (secondary N) is 1. The smallest absolute Gasteiger partial charge is 0.419 e. The van der Waals surface area contributed by atoms with E-state index in [0.717, 1.165) is 38.2 Å². The second-order valence-corrected chi connectivity index (χ2v) is 7.42. The Hall–Kier alpha value is -3.10. The monoisotopic (exact) mass is 427 g/mol. The highest BCUT2D eigenvalue weighted by Crippen LogP contribution is 2.20. The molecule has 2 N–H and O–H groups in total. The van der Waals surface area contributed by atoms with Crippen LogP contribution in [-0.4, -0.2) is 67.9 Å². The van der Waals surface area contributed by atoms with Crippen molar-refractivity contribution in [1.29, 1.82) is 0 Å². The van der Waals surface area contributed by atoms with Gasteiger partial charge in [0.25, 0.3) is 0 Å². The summed E-state index contributed by atoms with van der Waals surface area (Å²) in [5.41, 5.74) is 0.757. The molecular formula is C23H29N3O5. The first-order valence-electron chi connectivity index (χ1n) is 10.4. The Bertz CT molecular complexity index is 836. The van der Waals surface area contributed by atoms with Gasteiger partial charge >= 0.3 is 6.09 Å². The van der Waals surface area contributed by atoms with Crippen LogP contribution in [0.25, 0.3) is 0 Å². The first-order valence-corrected chi connectivity index (χ1v) is 10.4. The number of piperidine rings is 1. The Labute approximate surface area is 182 Å². The van der Waals surface area contributed by atoms with Gasteiger partial charge in [-0.2, -0.15) is 0 Å². The average Bonchev–Trinajstić information content (AvgIpc) is 2.81. The van der Waals surface area contributed by atoms with Gasteiger partial charge in [0.2, 0.25) is 5.91 Å². The number of carbonyl (C=O) groups is 2. The van der Waals surface area contributed by atoms with Crippen molar-refractivity contribution in [2.75, 3.05) is 44.8 Å². The second-order valence-electron chi connectivity index (χ2n) is 7.42. The third-order valence-corrected chi connectivity index (χ3v) is 5.22. The maximum Gasteiger partial charge on any atom is 0.419 e. The van der Waals surface area contributed by atoms with Gasteiger partial charge in [-0.1, -0.05) is 18.2 Å². The van der Waals surface area contributed by atoms with E-state index in [9.17, 15) is 9.59 Å². The van der Waals surface area contributed by atoms with Crippen molar-refractivity contribution in [2.45, 2.75) is 18.9 Å². The van der Waals surface area contributed by atoms with E-state index >= 15 is 0 Å². The number of hydrogen-bond acceptors (Lipinski definition) is 6. The molecule has 1 fully saturated rings. The molecule has 0 aliphatic carbocycles. The Morgan fingerprint density at radius 2 is 1.71 bits per heavy atom. The van der Waals surface area contributed by atoms with Crippen molar-refractivity contribution in [1.82, 2.24) is 10.2 Å². The van der Waals surface area contributed by atoms with E-state index in [2.05, 4.69) is 10.2 Å². The minimum Gasteiger partial charge on any atom is -0.492 e. The molecular weight excluding hydrogens is 398 g/mol. The van der Waals surface area contributed by atoms with Crippen LogP contribution in [0, 0.1) is 0 Å². The van der Waals surface area contributed by atoms with Crippen molar-refractivity contribution in [2.24, 2.45) is 0 Å². The van der Waals surface area contributed by atoms with Crippen molar-refractivity contribution < 1.29 is 24.2 Å². The topological polar surface area (TPSA) is 91.3 Å². The molecule has 1 aliphatic heterocycles. The largest absolute Gasteiger partial charge is 0.492 e. The van der Waals surface area contributed by atoms with E-state index in [1.54, 1.807) is 31.3 Å². The molecule has 31 heavy (non-hydrogen) atoms. The van der Waals surface area contributed by atoms with Crippen LogP contribution in [0.1, 0.15) is 12.8 Å². The fourth-order valence-corrected chi connectivity index (χ4v) is 3.40. The van der Waals surface area contributed by atoms with Crippen LogP contribution in [0.3, 0.4) is 0 Å². The standard InChI is InChI=1S/C23H29N3O5/c1-25(19-5-3-2-4-6-19)23(29)31-21-9-7-20(8-10-21)30-16-15-26-13-11-18(12-14-26)24-22(28)17-27/h2-10,18,27H,11-17H2,1H3,(H,24,28). The molecule has 0 atom stereocenters. The SMILES string of the molecule is CN(C(=O)Oc1ccc(OCCN2CCC(NC(=O)CO)CC2)cc1)c1ccccc1. The van der Waals surface area contributed by atoms with Crippen molar-refractivity contribution in [3.63, 3.8) is 0 Å². The first-order chi connectivity index (χ1) is 15.0. The minimum absolute atomic E-state index is 0.132. The third kappa shape index (κ3) is 6.97. The van der Waals surface area contributed by atoms with Crippen molar-refractivity contribution in [3.05, 3.63) is 54.6 Å². The van der Waals surface area contributed by atoms with Crippen LogP contribution in [0.2, 0.25) is 0 Å². The lowest BCUT2D eigenvalue weighted by atomic mass is 10.1. The number of para-hydroxylation sites is 1. The molecule has 0 unspecified atom stereocenters. The van der Waals surface area contributed by atoms with Crippen LogP contribution in [0.15, 0.2) is 54.6 Å². The zero-order valence-corrected chi connectivity index (χ0v) is 17.7. The Morgan fingerprint density at radius 3 is 2.35 bits per heavy atom. The van der Waals surface area contributed by atoms with Gasteiger partial charge in [-0.3, -0.25) is 14.6 Å². The number of nitrogens with zero attached hydrogens (tertiary/aromatic N) is 2. The quantitative estimate of drug-likeness (QED) is 0.672. The Kier molecular flexibility index (Phi) is 8.26. The predicted octanol–water partition coefficient (Wildman–Crippen LogP) is 2.27. The summed E-state index contributed by atoms with van der Waals surface area (Å²) in [7, 11) is 1.67. The van der Waals surface area contributed by atoms with Crippen molar-refractivity contribution in [3.8, 4) is 11.5 Å². The molecule has 0 bridgehead atoms. The highest BCUT2D eigenvalue weighted by Gasteiger charge is 2.20. The zero-order valence-electron chi connectivity index (χ0n) is 17.7. The molecule has 1 heterocycles. The minimum atomic E-state index is -0.463. The van der Waals surface area contributed by atoms with Crippen LogP contribution >= 0.6 is 0 Å². The summed E-state index contributed by atoms with van der Waals surface area (Å²) in [5, 5.41) is 11.6. The highest BCUT2D eigenvalue weighted by atomic mass is 16.6. The van der Waals surface area contributed by atoms with Crippen molar-refractivity contribution >= 4 is 17.7 Å². The molecule has 0 aromatic heterocycles. The summed E-state index contributed by atoms with van der Waals surface area (Å²) < 4.78 is 11.2. The maximum absolute atomic E-state index is 12.3. The van der Waals surface area contributed by atoms with Gasteiger partial charge in [0.05, 0.1) is 0 Å². The molecule has 8 nitrogen and oxygen atoms in total. The lowest BCUT2D eigenvalue weighted by molar-refractivity contribution is -0.124. The molecule has 8 heteroatoms. The van der Waals surface area contributed by atoms with Crippen LogP contribution in [-0.2, 0) is 4.79 Å². The van der Waals surface area contributed by atoms with E-state index in [1.807, 2.05) is 30.3 Å². The van der Waals surface area contributed by atoms with Gasteiger partial charge in [0, 0.05) is 38.4 Å². The number of likely N-dealkylation sites (tertiary alicyclic amines) is 1. The number of carbonyl (C=O) groups excluding carboxylic acids is 2. The van der Waals surface area contributed by atoms with Crippen LogP contribution in [0.5, 0.6) is 11.5 Å². The Balaban J connectivity index is 1.37. The molecule has 0 spiro atoms. The van der Waals surface area contributed by atoms with Gasteiger partial charge in [0.15, 0.2) is 0 Å². The number of rotatable bonds is 8. The molecule has 166 valence electrons. The van der Waals surface area contributed by atoms with Gasteiger partial charge < -0.3 is 19.9 Å². The van der Waals surface area contributed by atoms with Crippen LogP contribution in [0.4, 0.5) is 10.5 Å². The second kappa shape index (κ2) is 11.3. The van der Waals surface area contributed by atoms with Gasteiger partial charge in [0.1, 0.15) is 24.7 Å². The van der Waals surface area contributed by atoms with Gasteiger partial charge in [-0.25, -0.2) is 4.79 Å². The Morgan fingerprint density at radius 1 is 1.06 bits per heavy atom. The van der Waals surface area contributed by atoms with Gasteiger partial charge in [-0.05, 0) is 49.2 Å². The summed E-state index contributed by atoms with van der Waals surface area (Å²) in [6, 6.07) is 16.4. The highest BCUT2D eigenvalue weighted by molar-refractivity contribution is 5.88. The molecule has 3 rings (SSSR count). The summed E-state index contributed by atoms with van der Waals surface area (Å²) in [4.78, 5) is 27.3. The van der Waals surface area contributed by atoms with Gasteiger partial charge in [-0.15, -0.1) is 0 Å². The predicted molar refractivity (Wildman–Crippen MR) is 117 cm³/mol.